The molecule has 20 heavy (non-hydrogen) atoms. The first-order valence-corrected chi connectivity index (χ1v) is 7.88. The maximum Gasteiger partial charge on any atom is 0.312 e. The van der Waals surface area contributed by atoms with Crippen LogP contribution in [0.5, 0.6) is 0 Å². The lowest BCUT2D eigenvalue weighted by atomic mass is 9.91. The van der Waals surface area contributed by atoms with Crippen molar-refractivity contribution in [1.82, 2.24) is 4.98 Å². The van der Waals surface area contributed by atoms with E-state index in [0.717, 1.165) is 35.1 Å². The summed E-state index contributed by atoms with van der Waals surface area (Å²) in [5.74, 6) is -1.17. The Balaban J connectivity index is 1.94. The van der Waals surface area contributed by atoms with E-state index in [-0.39, 0.29) is 5.54 Å². The maximum atomic E-state index is 11.4. The van der Waals surface area contributed by atoms with E-state index in [9.17, 15) is 9.90 Å². The van der Waals surface area contributed by atoms with Crippen LogP contribution in [0.1, 0.15) is 43.2 Å². The third-order valence-electron chi connectivity index (χ3n) is 4.12. The van der Waals surface area contributed by atoms with Gasteiger partial charge in [-0.1, -0.05) is 0 Å². The number of carboxylic acids is 1. The Bertz CT molecular complexity index is 526. The van der Waals surface area contributed by atoms with Crippen LogP contribution in [0.4, 0.5) is 5.13 Å². The van der Waals surface area contributed by atoms with Crippen LogP contribution in [0.2, 0.25) is 0 Å². The molecular formula is C14H20N2O3S. The number of hydrogen-bond donors (Lipinski definition) is 1. The van der Waals surface area contributed by atoms with Gasteiger partial charge >= 0.3 is 5.97 Å². The second kappa shape index (κ2) is 5.00. The van der Waals surface area contributed by atoms with E-state index in [2.05, 4.69) is 23.7 Å². The quantitative estimate of drug-likeness (QED) is 0.907. The molecule has 0 aromatic carbocycles. The van der Waals surface area contributed by atoms with Gasteiger partial charge in [-0.3, -0.25) is 4.79 Å². The molecule has 0 bridgehead atoms. The Morgan fingerprint density at radius 2 is 2.35 bits per heavy atom. The number of hydrogen-bond acceptors (Lipinski definition) is 5. The average Bonchev–Trinajstić information content (AvgIpc) is 2.80. The van der Waals surface area contributed by atoms with Gasteiger partial charge in [-0.05, 0) is 33.1 Å². The lowest BCUT2D eigenvalue weighted by molar-refractivity contribution is -0.139. The maximum absolute atomic E-state index is 11.4. The standard InChI is InChI=1S/C14H20N2O3S/c1-14(2)8-19-7-6-16(14)13-15-11-9(12(17)18)4-3-5-10(11)20-13/h9H,3-8H2,1-2H3,(H,17,18). The van der Waals surface area contributed by atoms with Crippen molar-refractivity contribution >= 4 is 22.4 Å². The summed E-state index contributed by atoms with van der Waals surface area (Å²) in [7, 11) is 0. The second-order valence-corrected chi connectivity index (χ2v) is 7.17. The van der Waals surface area contributed by atoms with Crippen LogP contribution < -0.4 is 4.90 Å². The second-order valence-electron chi connectivity index (χ2n) is 6.10. The van der Waals surface area contributed by atoms with Gasteiger partial charge in [-0.2, -0.15) is 0 Å². The van der Waals surface area contributed by atoms with E-state index < -0.39 is 11.9 Å². The molecule has 0 spiro atoms. The van der Waals surface area contributed by atoms with E-state index in [1.165, 1.54) is 0 Å². The summed E-state index contributed by atoms with van der Waals surface area (Å²) >= 11 is 1.66. The molecule has 1 aliphatic heterocycles. The van der Waals surface area contributed by atoms with Crippen LogP contribution in [-0.2, 0) is 16.0 Å². The molecule has 1 N–H and O–H groups in total. The molecule has 110 valence electrons. The molecule has 1 aliphatic carbocycles. The van der Waals surface area contributed by atoms with Gasteiger partial charge in [0.15, 0.2) is 5.13 Å². The lowest BCUT2D eigenvalue weighted by Gasteiger charge is -2.42. The molecule has 1 saturated heterocycles. The summed E-state index contributed by atoms with van der Waals surface area (Å²) in [5, 5.41) is 10.3. The van der Waals surface area contributed by atoms with Crippen LogP contribution in [0.15, 0.2) is 0 Å². The minimum absolute atomic E-state index is 0.0859. The lowest BCUT2D eigenvalue weighted by Crippen LogP contribution is -2.53. The van der Waals surface area contributed by atoms with Crippen molar-refractivity contribution in [2.24, 2.45) is 0 Å². The van der Waals surface area contributed by atoms with Gasteiger partial charge in [0.05, 0.1) is 24.4 Å². The molecule has 0 amide bonds. The first kappa shape index (κ1) is 13.8. The number of carboxylic acid groups (broad SMARTS) is 1. The Morgan fingerprint density at radius 3 is 3.05 bits per heavy atom. The van der Waals surface area contributed by atoms with Crippen LogP contribution in [0, 0.1) is 0 Å². The number of thiazole rings is 1. The number of aromatic nitrogens is 1. The zero-order valence-electron chi connectivity index (χ0n) is 11.9. The first-order chi connectivity index (χ1) is 9.49. The molecule has 1 atom stereocenters. The van der Waals surface area contributed by atoms with Crippen molar-refractivity contribution in [2.45, 2.75) is 44.6 Å². The minimum atomic E-state index is -0.746. The van der Waals surface area contributed by atoms with Crippen LogP contribution in [0.3, 0.4) is 0 Å². The number of aliphatic carboxylic acids is 1. The molecule has 5 nitrogen and oxygen atoms in total. The molecular weight excluding hydrogens is 276 g/mol. The Hall–Kier alpha value is -1.14. The fraction of sp³-hybridized carbons (Fsp3) is 0.714. The number of rotatable bonds is 2. The molecule has 1 aromatic rings. The minimum Gasteiger partial charge on any atom is -0.481 e. The zero-order valence-corrected chi connectivity index (χ0v) is 12.7. The normalized spacial score (nSPS) is 25.3. The zero-order chi connectivity index (χ0) is 14.3. The number of anilines is 1. The van der Waals surface area contributed by atoms with E-state index in [4.69, 9.17) is 4.74 Å². The number of nitrogens with zero attached hydrogens (tertiary/aromatic N) is 2. The van der Waals surface area contributed by atoms with Crippen molar-refractivity contribution in [2.75, 3.05) is 24.7 Å². The van der Waals surface area contributed by atoms with Gasteiger partial charge < -0.3 is 14.7 Å². The summed E-state index contributed by atoms with van der Waals surface area (Å²) in [6.45, 7) is 6.48. The fourth-order valence-corrected chi connectivity index (χ4v) is 4.33. The van der Waals surface area contributed by atoms with E-state index in [1.54, 1.807) is 11.3 Å². The largest absolute Gasteiger partial charge is 0.481 e. The van der Waals surface area contributed by atoms with Crippen LogP contribution in [0.25, 0.3) is 0 Å². The summed E-state index contributed by atoms with van der Waals surface area (Å²) in [5.41, 5.74) is 0.711. The monoisotopic (exact) mass is 296 g/mol. The van der Waals surface area contributed by atoms with Crippen molar-refractivity contribution in [3.63, 3.8) is 0 Å². The highest BCUT2D eigenvalue weighted by atomic mass is 32.1. The molecule has 1 unspecified atom stereocenters. The first-order valence-electron chi connectivity index (χ1n) is 7.07. The fourth-order valence-electron chi connectivity index (χ4n) is 2.97. The number of morpholine rings is 1. The molecule has 0 radical (unpaired) electrons. The summed E-state index contributed by atoms with van der Waals surface area (Å²) in [6, 6.07) is 0. The highest BCUT2D eigenvalue weighted by Crippen LogP contribution is 2.40. The molecule has 6 heteroatoms. The van der Waals surface area contributed by atoms with Crippen LogP contribution >= 0.6 is 11.3 Å². The van der Waals surface area contributed by atoms with Gasteiger partial charge in [0, 0.05) is 11.4 Å². The van der Waals surface area contributed by atoms with Crippen molar-refractivity contribution in [3.8, 4) is 0 Å². The molecule has 1 aromatic heterocycles. The highest BCUT2D eigenvalue weighted by molar-refractivity contribution is 7.15. The third-order valence-corrected chi connectivity index (χ3v) is 5.27. The molecule has 3 rings (SSSR count). The summed E-state index contributed by atoms with van der Waals surface area (Å²) in [4.78, 5) is 19.5. The molecule has 2 aliphatic rings. The van der Waals surface area contributed by atoms with E-state index in [1.807, 2.05) is 0 Å². The Morgan fingerprint density at radius 1 is 1.55 bits per heavy atom. The van der Waals surface area contributed by atoms with Crippen molar-refractivity contribution in [1.29, 1.82) is 0 Å². The topological polar surface area (TPSA) is 62.7 Å². The molecule has 1 fully saturated rings. The summed E-state index contributed by atoms with van der Waals surface area (Å²) in [6.07, 6.45) is 2.61. The summed E-state index contributed by atoms with van der Waals surface area (Å²) < 4.78 is 5.54. The number of carbonyl (C=O) groups is 1. The van der Waals surface area contributed by atoms with Gasteiger partial charge in [0.25, 0.3) is 0 Å². The number of ether oxygens (including phenoxy) is 1. The molecule has 0 saturated carbocycles. The van der Waals surface area contributed by atoms with E-state index >= 15 is 0 Å². The predicted octanol–water partition coefficient (Wildman–Crippen LogP) is 2.26. The van der Waals surface area contributed by atoms with E-state index in [0.29, 0.717) is 19.6 Å². The van der Waals surface area contributed by atoms with Gasteiger partial charge in [-0.25, -0.2) is 4.98 Å². The Kier molecular flexibility index (Phi) is 3.46. The van der Waals surface area contributed by atoms with Gasteiger partial charge in [-0.15, -0.1) is 11.3 Å². The molecule has 2 heterocycles. The van der Waals surface area contributed by atoms with Crippen LogP contribution in [-0.4, -0.2) is 41.4 Å². The van der Waals surface area contributed by atoms with Crippen molar-refractivity contribution in [3.05, 3.63) is 10.6 Å². The Labute approximate surface area is 122 Å². The van der Waals surface area contributed by atoms with Gasteiger partial charge in [0.1, 0.15) is 5.92 Å². The average molecular weight is 296 g/mol. The number of aryl methyl sites for hydroxylation is 1. The highest BCUT2D eigenvalue weighted by Gasteiger charge is 2.36. The predicted molar refractivity (Wildman–Crippen MR) is 77.7 cm³/mol. The number of fused-ring (bicyclic) bond motifs is 1. The van der Waals surface area contributed by atoms with Crippen molar-refractivity contribution < 1.29 is 14.6 Å². The third kappa shape index (κ3) is 2.31. The van der Waals surface area contributed by atoms with Gasteiger partial charge in [0.2, 0.25) is 0 Å². The SMILES string of the molecule is CC1(C)COCCN1c1nc2c(s1)CCCC2C(=O)O. The smallest absolute Gasteiger partial charge is 0.312 e.